The van der Waals surface area contributed by atoms with E-state index in [1.54, 1.807) is 36.0 Å². The monoisotopic (exact) mass is 408 g/mol. The van der Waals surface area contributed by atoms with Crippen molar-refractivity contribution < 1.29 is 4.79 Å². The number of fused-ring (bicyclic) bond motifs is 1. The summed E-state index contributed by atoms with van der Waals surface area (Å²) in [6.45, 7) is 1.63. The minimum Gasteiger partial charge on any atom is -0.324 e. The van der Waals surface area contributed by atoms with Crippen molar-refractivity contribution in [2.75, 3.05) is 5.32 Å². The summed E-state index contributed by atoms with van der Waals surface area (Å²) in [5.41, 5.74) is 2.72. The number of pyridine rings is 1. The fourth-order valence-electron chi connectivity index (χ4n) is 3.02. The highest BCUT2D eigenvalue weighted by molar-refractivity contribution is 6.31. The van der Waals surface area contributed by atoms with Crippen molar-refractivity contribution >= 4 is 34.2 Å². The van der Waals surface area contributed by atoms with Crippen molar-refractivity contribution in [2.24, 2.45) is 7.05 Å². The Kier molecular flexibility index (Phi) is 4.85. The predicted molar refractivity (Wildman–Crippen MR) is 111 cm³/mol. The molecule has 1 atom stereocenters. The Bertz CT molecular complexity index is 1260. The standard InChI is InChI=1S/C20H17ClN6O2/c1-12(27-11-23-16-9-14(21)10-22-18(16)20(27)29)19(28)25-15-5-3-13(4-6-15)17-7-8-24-26(17)2/h3-12H,1-2H3,(H,25,28)/t12-/m1/s1. The van der Waals surface area contributed by atoms with Gasteiger partial charge in [-0.05, 0) is 36.8 Å². The molecule has 0 saturated heterocycles. The first-order valence-corrected chi connectivity index (χ1v) is 9.23. The number of rotatable bonds is 4. The third kappa shape index (κ3) is 3.62. The molecule has 3 aromatic heterocycles. The van der Waals surface area contributed by atoms with Crippen LogP contribution < -0.4 is 10.9 Å². The van der Waals surface area contributed by atoms with Crippen LogP contribution in [0.25, 0.3) is 22.3 Å². The highest BCUT2D eigenvalue weighted by Gasteiger charge is 2.18. The van der Waals surface area contributed by atoms with Gasteiger partial charge in [0.15, 0.2) is 5.52 Å². The first-order valence-electron chi connectivity index (χ1n) is 8.86. The van der Waals surface area contributed by atoms with Crippen LogP contribution in [0.2, 0.25) is 5.02 Å². The van der Waals surface area contributed by atoms with Crippen LogP contribution in [-0.2, 0) is 11.8 Å². The SMILES string of the molecule is C[C@H](C(=O)Nc1ccc(-c2ccnn2C)cc1)n1cnc2cc(Cl)cnc2c1=O. The maximum Gasteiger partial charge on any atom is 0.280 e. The second-order valence-electron chi connectivity index (χ2n) is 6.56. The second-order valence-corrected chi connectivity index (χ2v) is 7.00. The molecule has 8 nitrogen and oxygen atoms in total. The van der Waals surface area contributed by atoms with Crippen LogP contribution in [0, 0.1) is 0 Å². The van der Waals surface area contributed by atoms with E-state index in [-0.39, 0.29) is 11.4 Å². The zero-order valence-electron chi connectivity index (χ0n) is 15.7. The summed E-state index contributed by atoms with van der Waals surface area (Å²) in [6.07, 6.45) is 4.44. The number of aryl methyl sites for hydroxylation is 1. The summed E-state index contributed by atoms with van der Waals surface area (Å²) in [7, 11) is 1.87. The van der Waals surface area contributed by atoms with Gasteiger partial charge in [-0.2, -0.15) is 5.10 Å². The number of carbonyl (C=O) groups is 1. The van der Waals surface area contributed by atoms with E-state index in [2.05, 4.69) is 20.4 Å². The molecular formula is C20H17ClN6O2. The average molecular weight is 409 g/mol. The molecule has 4 rings (SSSR count). The fraction of sp³-hybridized carbons (Fsp3) is 0.150. The highest BCUT2D eigenvalue weighted by atomic mass is 35.5. The number of nitrogens with zero attached hydrogens (tertiary/aromatic N) is 5. The van der Waals surface area contributed by atoms with Crippen molar-refractivity contribution in [3.63, 3.8) is 0 Å². The Morgan fingerprint density at radius 3 is 2.62 bits per heavy atom. The lowest BCUT2D eigenvalue weighted by atomic mass is 10.1. The van der Waals surface area contributed by atoms with Crippen LogP contribution in [0.4, 0.5) is 5.69 Å². The molecule has 0 fully saturated rings. The number of amides is 1. The van der Waals surface area contributed by atoms with Gasteiger partial charge in [0.05, 0.1) is 22.6 Å². The van der Waals surface area contributed by atoms with Gasteiger partial charge >= 0.3 is 0 Å². The number of carbonyl (C=O) groups excluding carboxylic acids is 1. The fourth-order valence-corrected chi connectivity index (χ4v) is 3.17. The van der Waals surface area contributed by atoms with E-state index in [4.69, 9.17) is 11.6 Å². The van der Waals surface area contributed by atoms with Gasteiger partial charge in [-0.15, -0.1) is 0 Å². The van der Waals surface area contributed by atoms with Gasteiger partial charge in [0.25, 0.3) is 5.56 Å². The molecule has 146 valence electrons. The lowest BCUT2D eigenvalue weighted by Gasteiger charge is -2.15. The molecule has 0 spiro atoms. The minimum absolute atomic E-state index is 0.164. The van der Waals surface area contributed by atoms with E-state index in [9.17, 15) is 9.59 Å². The molecule has 9 heteroatoms. The molecule has 29 heavy (non-hydrogen) atoms. The Labute approximate surface area is 170 Å². The van der Waals surface area contributed by atoms with Gasteiger partial charge < -0.3 is 5.32 Å². The van der Waals surface area contributed by atoms with Crippen LogP contribution in [0.15, 0.2) is 59.9 Å². The zero-order valence-corrected chi connectivity index (χ0v) is 16.5. The zero-order chi connectivity index (χ0) is 20.5. The number of hydrogen-bond acceptors (Lipinski definition) is 5. The number of aromatic nitrogens is 5. The summed E-state index contributed by atoms with van der Waals surface area (Å²) in [5, 5.41) is 7.36. The maximum absolute atomic E-state index is 12.7. The molecule has 1 amide bonds. The van der Waals surface area contributed by atoms with E-state index in [0.717, 1.165) is 11.3 Å². The molecule has 0 radical (unpaired) electrons. The first-order chi connectivity index (χ1) is 13.9. The van der Waals surface area contributed by atoms with Gasteiger partial charge in [-0.3, -0.25) is 18.8 Å². The summed E-state index contributed by atoms with van der Waals surface area (Å²) in [4.78, 5) is 33.6. The third-order valence-corrected chi connectivity index (χ3v) is 4.87. The van der Waals surface area contributed by atoms with Gasteiger partial charge in [-0.25, -0.2) is 9.97 Å². The summed E-state index contributed by atoms with van der Waals surface area (Å²) >= 11 is 5.89. The molecule has 0 aliphatic rings. The maximum atomic E-state index is 12.7. The van der Waals surface area contributed by atoms with Gasteiger partial charge in [0.1, 0.15) is 6.04 Å². The topological polar surface area (TPSA) is 94.7 Å². The molecule has 4 aromatic rings. The Morgan fingerprint density at radius 2 is 1.93 bits per heavy atom. The third-order valence-electron chi connectivity index (χ3n) is 4.66. The molecule has 0 saturated carbocycles. The number of hydrogen-bond donors (Lipinski definition) is 1. The van der Waals surface area contributed by atoms with E-state index >= 15 is 0 Å². The van der Waals surface area contributed by atoms with Crippen molar-refractivity contribution in [1.29, 1.82) is 0 Å². The Balaban J connectivity index is 1.55. The summed E-state index contributed by atoms with van der Waals surface area (Å²) < 4.78 is 3.03. The van der Waals surface area contributed by atoms with Crippen LogP contribution in [0.1, 0.15) is 13.0 Å². The number of halogens is 1. The smallest absolute Gasteiger partial charge is 0.280 e. The van der Waals surface area contributed by atoms with Crippen LogP contribution in [0.3, 0.4) is 0 Å². The molecule has 0 aliphatic heterocycles. The Morgan fingerprint density at radius 1 is 1.17 bits per heavy atom. The van der Waals surface area contributed by atoms with E-state index in [1.807, 2.05) is 25.2 Å². The quantitative estimate of drug-likeness (QED) is 0.560. The lowest BCUT2D eigenvalue weighted by Crippen LogP contribution is -2.32. The minimum atomic E-state index is -0.770. The summed E-state index contributed by atoms with van der Waals surface area (Å²) in [5.74, 6) is -0.338. The number of nitrogens with one attached hydrogen (secondary N) is 1. The van der Waals surface area contributed by atoms with Crippen molar-refractivity contribution in [3.05, 3.63) is 70.5 Å². The predicted octanol–water partition coefficient (Wildman–Crippen LogP) is 3.05. The van der Waals surface area contributed by atoms with Crippen LogP contribution in [0.5, 0.6) is 0 Å². The molecular weight excluding hydrogens is 392 g/mol. The van der Waals surface area contributed by atoms with Gasteiger partial charge in [0.2, 0.25) is 5.91 Å². The average Bonchev–Trinajstić information content (AvgIpc) is 3.14. The molecule has 0 bridgehead atoms. The largest absolute Gasteiger partial charge is 0.324 e. The van der Waals surface area contributed by atoms with Crippen molar-refractivity contribution in [3.8, 4) is 11.3 Å². The van der Waals surface area contributed by atoms with E-state index in [0.29, 0.717) is 16.2 Å². The Hall–Kier alpha value is -3.52. The van der Waals surface area contributed by atoms with Crippen LogP contribution >= 0.6 is 11.6 Å². The second kappa shape index (κ2) is 7.48. The number of anilines is 1. The normalized spacial score (nSPS) is 12.1. The molecule has 0 unspecified atom stereocenters. The van der Waals surface area contributed by atoms with Gasteiger partial charge in [0, 0.05) is 25.1 Å². The van der Waals surface area contributed by atoms with E-state index in [1.165, 1.54) is 17.1 Å². The van der Waals surface area contributed by atoms with Gasteiger partial charge in [-0.1, -0.05) is 23.7 Å². The first kappa shape index (κ1) is 18.8. The lowest BCUT2D eigenvalue weighted by molar-refractivity contribution is -0.118. The molecule has 1 N–H and O–H groups in total. The number of benzene rings is 1. The van der Waals surface area contributed by atoms with E-state index < -0.39 is 11.6 Å². The van der Waals surface area contributed by atoms with Crippen molar-refractivity contribution in [2.45, 2.75) is 13.0 Å². The molecule has 3 heterocycles. The summed E-state index contributed by atoms with van der Waals surface area (Å²) in [6, 6.07) is 10.1. The molecule has 1 aromatic carbocycles. The van der Waals surface area contributed by atoms with Crippen molar-refractivity contribution in [1.82, 2.24) is 24.3 Å². The molecule has 0 aliphatic carbocycles. The van der Waals surface area contributed by atoms with Crippen LogP contribution in [-0.4, -0.2) is 30.2 Å². The highest BCUT2D eigenvalue weighted by Crippen LogP contribution is 2.21.